The fourth-order valence-corrected chi connectivity index (χ4v) is 4.45. The van der Waals surface area contributed by atoms with E-state index in [0.29, 0.717) is 18.7 Å². The summed E-state index contributed by atoms with van der Waals surface area (Å²) in [6, 6.07) is 2.21. The number of hydrogen-bond donors (Lipinski definition) is 1. The van der Waals surface area contributed by atoms with Crippen molar-refractivity contribution in [3.8, 4) is 0 Å². The second-order valence-electron chi connectivity index (χ2n) is 8.56. The average molecular weight is 406 g/mol. The Balaban J connectivity index is 1.25. The SMILES string of the molecule is CN(C(=O)C1CC1)[C@H]1CCN(C(=O)c2cnc3c(c2)CC[C@H](c2cncnc2)N3)C1. The van der Waals surface area contributed by atoms with Crippen LogP contribution in [0.15, 0.2) is 31.0 Å². The molecule has 8 nitrogen and oxygen atoms in total. The number of carbonyl (C=O) groups excluding carboxylic acids is 2. The van der Waals surface area contributed by atoms with Crippen molar-refractivity contribution in [2.45, 2.75) is 44.2 Å². The molecule has 1 N–H and O–H groups in total. The minimum Gasteiger partial charge on any atom is -0.363 e. The van der Waals surface area contributed by atoms with Crippen molar-refractivity contribution in [3.05, 3.63) is 47.7 Å². The molecule has 30 heavy (non-hydrogen) atoms. The standard InChI is InChI=1S/C22H26N6O2/c1-27(21(29)14-2-3-14)18-6-7-28(12-18)22(30)16-8-15-4-5-19(26-20(15)25-11-16)17-9-23-13-24-10-17/h8-11,13-14,18-19H,2-7,12H2,1H3,(H,25,26)/t18-,19+/m0/s1. The molecular formula is C22H26N6O2. The van der Waals surface area contributed by atoms with E-state index in [1.54, 1.807) is 6.20 Å². The van der Waals surface area contributed by atoms with Crippen LogP contribution in [-0.4, -0.2) is 62.7 Å². The van der Waals surface area contributed by atoms with Crippen LogP contribution in [0.1, 0.15) is 53.2 Å². The molecule has 0 spiro atoms. The highest BCUT2D eigenvalue weighted by Gasteiger charge is 2.37. The predicted molar refractivity (Wildman–Crippen MR) is 111 cm³/mol. The van der Waals surface area contributed by atoms with Gasteiger partial charge in [0.1, 0.15) is 12.1 Å². The van der Waals surface area contributed by atoms with Gasteiger partial charge >= 0.3 is 0 Å². The Morgan fingerprint density at radius 3 is 2.70 bits per heavy atom. The largest absolute Gasteiger partial charge is 0.363 e. The lowest BCUT2D eigenvalue weighted by molar-refractivity contribution is -0.133. The number of anilines is 1. The fourth-order valence-electron chi connectivity index (χ4n) is 4.45. The van der Waals surface area contributed by atoms with Gasteiger partial charge in [0.2, 0.25) is 5.91 Å². The Labute approximate surface area is 175 Å². The maximum absolute atomic E-state index is 13.0. The van der Waals surface area contributed by atoms with Crippen LogP contribution in [0.25, 0.3) is 0 Å². The van der Waals surface area contributed by atoms with E-state index < -0.39 is 0 Å². The summed E-state index contributed by atoms with van der Waals surface area (Å²) < 4.78 is 0. The first-order chi connectivity index (χ1) is 14.6. The molecular weight excluding hydrogens is 380 g/mol. The van der Waals surface area contributed by atoms with Gasteiger partial charge in [-0.1, -0.05) is 0 Å². The number of amides is 2. The Bertz CT molecular complexity index is 961. The van der Waals surface area contributed by atoms with Gasteiger partial charge in [-0.25, -0.2) is 15.0 Å². The van der Waals surface area contributed by atoms with Gasteiger partial charge in [-0.2, -0.15) is 0 Å². The molecule has 1 saturated heterocycles. The predicted octanol–water partition coefficient (Wildman–Crippen LogP) is 2.05. The lowest BCUT2D eigenvalue weighted by atomic mass is 9.96. The van der Waals surface area contributed by atoms with Gasteiger partial charge < -0.3 is 15.1 Å². The number of aromatic nitrogens is 3. The van der Waals surface area contributed by atoms with Gasteiger partial charge in [0.05, 0.1) is 17.6 Å². The first kappa shape index (κ1) is 19.0. The minimum absolute atomic E-state index is 0.00125. The Kier molecular flexibility index (Phi) is 4.84. The highest BCUT2D eigenvalue weighted by Crippen LogP contribution is 2.33. The fraction of sp³-hybridized carbons (Fsp3) is 0.500. The van der Waals surface area contributed by atoms with Crippen molar-refractivity contribution in [1.82, 2.24) is 24.8 Å². The summed E-state index contributed by atoms with van der Waals surface area (Å²) in [5.74, 6) is 1.26. The van der Waals surface area contributed by atoms with E-state index in [2.05, 4.69) is 20.3 Å². The number of carbonyl (C=O) groups is 2. The van der Waals surface area contributed by atoms with Gasteiger partial charge in [0.25, 0.3) is 5.91 Å². The van der Waals surface area contributed by atoms with Crippen LogP contribution in [-0.2, 0) is 11.2 Å². The van der Waals surface area contributed by atoms with Crippen molar-refractivity contribution in [3.63, 3.8) is 0 Å². The lowest BCUT2D eigenvalue weighted by Gasteiger charge is -2.27. The number of likely N-dealkylation sites (N-methyl/N-ethyl adjacent to an activating group) is 1. The molecule has 2 aromatic heterocycles. The van der Waals surface area contributed by atoms with E-state index in [4.69, 9.17) is 0 Å². The summed E-state index contributed by atoms with van der Waals surface area (Å²) in [6.07, 6.45) is 11.4. The molecule has 2 aromatic rings. The van der Waals surface area contributed by atoms with Crippen LogP contribution in [0.3, 0.4) is 0 Å². The molecule has 2 amide bonds. The van der Waals surface area contributed by atoms with Crippen LogP contribution in [0.5, 0.6) is 0 Å². The van der Waals surface area contributed by atoms with Crippen LogP contribution in [0, 0.1) is 5.92 Å². The zero-order valence-corrected chi connectivity index (χ0v) is 17.1. The lowest BCUT2D eigenvalue weighted by Crippen LogP contribution is -2.40. The molecule has 2 atom stereocenters. The number of nitrogens with one attached hydrogen (secondary N) is 1. The summed E-state index contributed by atoms with van der Waals surface area (Å²) in [5.41, 5.74) is 2.72. The van der Waals surface area contributed by atoms with E-state index in [0.717, 1.165) is 49.0 Å². The quantitative estimate of drug-likeness (QED) is 0.836. The molecule has 5 rings (SSSR count). The summed E-state index contributed by atoms with van der Waals surface area (Å²) in [4.78, 5) is 41.8. The first-order valence-corrected chi connectivity index (χ1v) is 10.7. The average Bonchev–Trinajstić information content (AvgIpc) is 3.53. The third-order valence-electron chi connectivity index (χ3n) is 6.48. The smallest absolute Gasteiger partial charge is 0.255 e. The van der Waals surface area contributed by atoms with Crippen molar-refractivity contribution in [2.75, 3.05) is 25.5 Å². The highest BCUT2D eigenvalue weighted by molar-refractivity contribution is 5.94. The number of aryl methyl sites for hydroxylation is 1. The van der Waals surface area contributed by atoms with E-state index in [1.807, 2.05) is 35.3 Å². The second kappa shape index (κ2) is 7.66. The molecule has 4 heterocycles. The van der Waals surface area contributed by atoms with Gasteiger partial charge in [-0.15, -0.1) is 0 Å². The highest BCUT2D eigenvalue weighted by atomic mass is 16.2. The van der Waals surface area contributed by atoms with Gasteiger partial charge in [-0.05, 0) is 43.7 Å². The third-order valence-corrected chi connectivity index (χ3v) is 6.48. The maximum atomic E-state index is 13.0. The van der Waals surface area contributed by atoms with E-state index in [1.165, 1.54) is 6.33 Å². The topological polar surface area (TPSA) is 91.3 Å². The molecule has 0 unspecified atom stereocenters. The Morgan fingerprint density at radius 1 is 1.13 bits per heavy atom. The molecule has 0 bridgehead atoms. The molecule has 2 fully saturated rings. The van der Waals surface area contributed by atoms with Gasteiger partial charge in [0, 0.05) is 50.2 Å². The van der Waals surface area contributed by atoms with Crippen molar-refractivity contribution >= 4 is 17.6 Å². The number of nitrogens with zero attached hydrogens (tertiary/aromatic N) is 5. The monoisotopic (exact) mass is 406 g/mol. The Morgan fingerprint density at radius 2 is 1.93 bits per heavy atom. The summed E-state index contributed by atoms with van der Waals surface area (Å²) in [7, 11) is 1.87. The van der Waals surface area contributed by atoms with Crippen molar-refractivity contribution in [1.29, 1.82) is 0 Å². The molecule has 1 aliphatic carbocycles. The summed E-state index contributed by atoms with van der Waals surface area (Å²) in [6.45, 7) is 1.27. The van der Waals surface area contributed by atoms with Crippen LogP contribution in [0.4, 0.5) is 5.82 Å². The summed E-state index contributed by atoms with van der Waals surface area (Å²) >= 11 is 0. The molecule has 8 heteroatoms. The number of rotatable bonds is 4. The number of pyridine rings is 1. The zero-order valence-electron chi connectivity index (χ0n) is 17.1. The van der Waals surface area contributed by atoms with E-state index >= 15 is 0 Å². The number of fused-ring (bicyclic) bond motifs is 1. The molecule has 3 aliphatic rings. The zero-order chi connectivity index (χ0) is 20.7. The van der Waals surface area contributed by atoms with Crippen molar-refractivity contribution in [2.24, 2.45) is 5.92 Å². The van der Waals surface area contributed by atoms with Crippen LogP contribution < -0.4 is 5.32 Å². The maximum Gasteiger partial charge on any atom is 0.255 e. The molecule has 2 aliphatic heterocycles. The van der Waals surface area contributed by atoms with Crippen LogP contribution in [0.2, 0.25) is 0 Å². The number of likely N-dealkylation sites (tertiary alicyclic amines) is 1. The number of hydrogen-bond acceptors (Lipinski definition) is 6. The van der Waals surface area contributed by atoms with Crippen molar-refractivity contribution < 1.29 is 9.59 Å². The summed E-state index contributed by atoms with van der Waals surface area (Å²) in [5, 5.41) is 3.44. The van der Waals surface area contributed by atoms with E-state index in [9.17, 15) is 9.59 Å². The second-order valence-corrected chi connectivity index (χ2v) is 8.56. The van der Waals surface area contributed by atoms with Gasteiger partial charge in [0.15, 0.2) is 0 Å². The molecule has 156 valence electrons. The molecule has 1 saturated carbocycles. The van der Waals surface area contributed by atoms with E-state index in [-0.39, 0.29) is 29.8 Å². The normalized spacial score (nSPS) is 22.9. The van der Waals surface area contributed by atoms with Gasteiger partial charge in [-0.3, -0.25) is 9.59 Å². The molecule has 0 aromatic carbocycles. The molecule has 0 radical (unpaired) electrons. The Hall–Kier alpha value is -3.03. The minimum atomic E-state index is -0.00125. The van der Waals surface area contributed by atoms with Crippen LogP contribution >= 0.6 is 0 Å². The first-order valence-electron chi connectivity index (χ1n) is 10.7. The third kappa shape index (κ3) is 3.62.